The third-order valence-electron chi connectivity index (χ3n) is 4.40. The van der Waals surface area contributed by atoms with Crippen LogP contribution in [-0.4, -0.2) is 35.0 Å². The lowest BCUT2D eigenvalue weighted by Crippen LogP contribution is -2.33. The van der Waals surface area contributed by atoms with Gasteiger partial charge in [0.25, 0.3) is 5.56 Å². The molecule has 0 saturated carbocycles. The molecule has 132 valence electrons. The predicted molar refractivity (Wildman–Crippen MR) is 102 cm³/mol. The fourth-order valence-corrected chi connectivity index (χ4v) is 3.15. The molecule has 25 heavy (non-hydrogen) atoms. The minimum absolute atomic E-state index is 0.202. The largest absolute Gasteiger partial charge is 0.381 e. The summed E-state index contributed by atoms with van der Waals surface area (Å²) in [6, 6.07) is 8.17. The molecule has 2 heterocycles. The molecule has 0 unspecified atom stereocenters. The van der Waals surface area contributed by atoms with E-state index < -0.39 is 0 Å². The predicted octanol–water partition coefficient (Wildman–Crippen LogP) is 2.72. The zero-order valence-electron chi connectivity index (χ0n) is 14.1. The normalized spacial score (nSPS) is 15.1. The quantitative estimate of drug-likeness (QED) is 0.750. The maximum atomic E-state index is 12.6. The lowest BCUT2D eigenvalue weighted by atomic mass is 10.1. The number of nitrogens with one attached hydrogen (secondary N) is 2. The summed E-state index contributed by atoms with van der Waals surface area (Å²) in [5.74, 6) is 1.17. The highest BCUT2D eigenvalue weighted by atomic mass is 79.9. The van der Waals surface area contributed by atoms with Gasteiger partial charge in [-0.2, -0.15) is 0 Å². The number of aromatic nitrogens is 2. The van der Waals surface area contributed by atoms with Crippen LogP contribution in [0.5, 0.6) is 0 Å². The van der Waals surface area contributed by atoms with Crippen LogP contribution in [0.15, 0.2) is 33.5 Å². The van der Waals surface area contributed by atoms with Crippen molar-refractivity contribution in [2.24, 2.45) is 7.05 Å². The topological polar surface area (TPSA) is 80.0 Å². The lowest BCUT2D eigenvalue weighted by molar-refractivity contribution is 0.0904. The van der Waals surface area contributed by atoms with E-state index in [-0.39, 0.29) is 11.6 Å². The van der Waals surface area contributed by atoms with Crippen LogP contribution < -0.4 is 10.9 Å². The molecule has 6 nitrogen and oxygen atoms in total. The van der Waals surface area contributed by atoms with Gasteiger partial charge in [0.05, 0.1) is 5.56 Å². The SMILES string of the molecule is Cn1c(Cc2ccc(Br)cc2)nc(NC2CCOCC2)c(C=N)c1=O. The van der Waals surface area contributed by atoms with Crippen molar-refractivity contribution in [3.63, 3.8) is 0 Å². The number of nitrogens with zero attached hydrogens (tertiary/aromatic N) is 2. The summed E-state index contributed by atoms with van der Waals surface area (Å²) in [5.41, 5.74) is 1.17. The summed E-state index contributed by atoms with van der Waals surface area (Å²) in [5, 5.41) is 10.9. The summed E-state index contributed by atoms with van der Waals surface area (Å²) < 4.78 is 7.91. The smallest absolute Gasteiger partial charge is 0.264 e. The van der Waals surface area contributed by atoms with Crippen molar-refractivity contribution in [1.29, 1.82) is 5.41 Å². The van der Waals surface area contributed by atoms with E-state index >= 15 is 0 Å². The molecule has 1 saturated heterocycles. The Morgan fingerprint density at radius 2 is 2.04 bits per heavy atom. The van der Waals surface area contributed by atoms with Crippen molar-refractivity contribution in [2.75, 3.05) is 18.5 Å². The van der Waals surface area contributed by atoms with Gasteiger partial charge in [0.15, 0.2) is 0 Å². The molecule has 0 spiro atoms. The molecule has 0 atom stereocenters. The van der Waals surface area contributed by atoms with Crippen LogP contribution in [0.25, 0.3) is 0 Å². The highest BCUT2D eigenvalue weighted by Crippen LogP contribution is 2.17. The van der Waals surface area contributed by atoms with Crippen LogP contribution >= 0.6 is 15.9 Å². The average Bonchev–Trinajstić information content (AvgIpc) is 2.62. The van der Waals surface area contributed by atoms with Gasteiger partial charge in [-0.25, -0.2) is 4.98 Å². The molecule has 0 amide bonds. The number of benzene rings is 1. The third kappa shape index (κ3) is 4.16. The Kier molecular flexibility index (Phi) is 5.65. The number of rotatable bonds is 5. The van der Waals surface area contributed by atoms with Crippen molar-refractivity contribution in [1.82, 2.24) is 9.55 Å². The van der Waals surface area contributed by atoms with Crippen LogP contribution in [0.1, 0.15) is 29.8 Å². The Hall–Kier alpha value is -1.99. The van der Waals surface area contributed by atoms with Crippen LogP contribution in [-0.2, 0) is 18.2 Å². The fraction of sp³-hybridized carbons (Fsp3) is 0.389. The van der Waals surface area contributed by atoms with Crippen LogP contribution in [0, 0.1) is 5.41 Å². The minimum Gasteiger partial charge on any atom is -0.381 e. The van der Waals surface area contributed by atoms with Gasteiger partial charge in [0.1, 0.15) is 11.6 Å². The maximum absolute atomic E-state index is 12.6. The van der Waals surface area contributed by atoms with Crippen LogP contribution in [0.4, 0.5) is 5.82 Å². The van der Waals surface area contributed by atoms with Gasteiger partial charge >= 0.3 is 0 Å². The Morgan fingerprint density at radius 3 is 2.68 bits per heavy atom. The first-order chi connectivity index (χ1) is 12.1. The highest BCUT2D eigenvalue weighted by Gasteiger charge is 2.19. The van der Waals surface area contributed by atoms with Crippen molar-refractivity contribution >= 4 is 28.0 Å². The minimum atomic E-state index is -0.202. The number of hydrogen-bond donors (Lipinski definition) is 2. The first-order valence-electron chi connectivity index (χ1n) is 8.27. The molecular weight excluding hydrogens is 384 g/mol. The van der Waals surface area contributed by atoms with Crippen molar-refractivity contribution in [2.45, 2.75) is 25.3 Å². The van der Waals surface area contributed by atoms with E-state index in [1.54, 1.807) is 7.05 Å². The molecule has 1 aromatic carbocycles. The van der Waals surface area contributed by atoms with E-state index in [0.29, 0.717) is 36.8 Å². The van der Waals surface area contributed by atoms with Crippen LogP contribution in [0.3, 0.4) is 0 Å². The van der Waals surface area contributed by atoms with E-state index in [1.165, 1.54) is 4.57 Å². The fourth-order valence-electron chi connectivity index (χ4n) is 2.88. The standard InChI is InChI=1S/C18H21BrN4O2/c1-23-16(10-12-2-4-13(19)5-3-12)22-17(15(11-20)18(23)24)21-14-6-8-25-9-7-14/h2-5,11,14,20-21H,6-10H2,1H3. The van der Waals surface area contributed by atoms with E-state index in [0.717, 1.165) is 29.1 Å². The Labute approximate surface area is 154 Å². The molecule has 2 aromatic rings. The molecule has 2 N–H and O–H groups in total. The first kappa shape index (κ1) is 17.8. The molecule has 0 radical (unpaired) electrons. The van der Waals surface area contributed by atoms with Gasteiger partial charge in [-0.1, -0.05) is 28.1 Å². The van der Waals surface area contributed by atoms with E-state index in [1.807, 2.05) is 24.3 Å². The molecule has 1 aliphatic rings. The van der Waals surface area contributed by atoms with Gasteiger partial charge in [0, 0.05) is 43.4 Å². The molecule has 7 heteroatoms. The van der Waals surface area contributed by atoms with E-state index in [2.05, 4.69) is 26.2 Å². The maximum Gasteiger partial charge on any atom is 0.264 e. The van der Waals surface area contributed by atoms with E-state index in [9.17, 15) is 4.79 Å². The van der Waals surface area contributed by atoms with Gasteiger partial charge in [-0.3, -0.25) is 9.36 Å². The number of hydrogen-bond acceptors (Lipinski definition) is 5. The van der Waals surface area contributed by atoms with Gasteiger partial charge < -0.3 is 15.5 Å². The second-order valence-electron chi connectivity index (χ2n) is 6.13. The van der Waals surface area contributed by atoms with E-state index in [4.69, 9.17) is 10.1 Å². The molecule has 3 rings (SSSR count). The summed E-state index contributed by atoms with van der Waals surface area (Å²) in [7, 11) is 1.70. The molecule has 1 aromatic heterocycles. The average molecular weight is 405 g/mol. The number of anilines is 1. The summed E-state index contributed by atoms with van der Waals surface area (Å²) >= 11 is 3.43. The molecule has 0 bridgehead atoms. The molecule has 1 aliphatic heterocycles. The van der Waals surface area contributed by atoms with Crippen molar-refractivity contribution < 1.29 is 4.74 Å². The highest BCUT2D eigenvalue weighted by molar-refractivity contribution is 9.10. The monoisotopic (exact) mass is 404 g/mol. The summed E-state index contributed by atoms with van der Waals surface area (Å²) in [4.78, 5) is 17.3. The Bertz CT molecular complexity index is 811. The number of ether oxygens (including phenoxy) is 1. The molecular formula is C18H21BrN4O2. The molecule has 0 aliphatic carbocycles. The second kappa shape index (κ2) is 7.93. The Morgan fingerprint density at radius 1 is 1.36 bits per heavy atom. The Balaban J connectivity index is 1.93. The van der Waals surface area contributed by atoms with Crippen LogP contribution in [0.2, 0.25) is 0 Å². The van der Waals surface area contributed by atoms with Gasteiger partial charge in [0.2, 0.25) is 0 Å². The molecule has 1 fully saturated rings. The van der Waals surface area contributed by atoms with Crippen molar-refractivity contribution in [3.8, 4) is 0 Å². The second-order valence-corrected chi connectivity index (χ2v) is 7.05. The summed E-state index contributed by atoms with van der Waals surface area (Å²) in [6.07, 6.45) is 3.38. The lowest BCUT2D eigenvalue weighted by Gasteiger charge is -2.24. The van der Waals surface area contributed by atoms with Gasteiger partial charge in [-0.05, 0) is 30.5 Å². The third-order valence-corrected chi connectivity index (χ3v) is 4.93. The summed E-state index contributed by atoms with van der Waals surface area (Å²) in [6.45, 7) is 1.41. The zero-order valence-corrected chi connectivity index (χ0v) is 15.7. The van der Waals surface area contributed by atoms with Crippen molar-refractivity contribution in [3.05, 3.63) is 56.0 Å². The number of halogens is 1. The van der Waals surface area contributed by atoms with Gasteiger partial charge in [-0.15, -0.1) is 0 Å². The zero-order chi connectivity index (χ0) is 17.8. The first-order valence-corrected chi connectivity index (χ1v) is 9.07.